The standard InChI is InChI=1S/C23H25N5O3/c1-30-20-6-9-25-12-19(20)23(7-8-23)31-15-22(29)27-13-17-3-4-18(14-27)28(17)21-5-2-16(10-24)11-26-21/h2,5-6,9,11-12,17-18H,3-4,7-8,13-15H2,1H3/t17-,18?/m0/s1. The number of methoxy groups -OCH3 is 1. The van der Waals surface area contributed by atoms with Crippen LogP contribution in [-0.2, 0) is 15.1 Å². The number of nitrogens with zero attached hydrogens (tertiary/aromatic N) is 5. The number of hydrogen-bond donors (Lipinski definition) is 0. The summed E-state index contributed by atoms with van der Waals surface area (Å²) in [4.78, 5) is 25.9. The topological polar surface area (TPSA) is 91.6 Å². The maximum Gasteiger partial charge on any atom is 0.248 e. The van der Waals surface area contributed by atoms with E-state index in [1.165, 1.54) is 0 Å². The van der Waals surface area contributed by atoms with Crippen LogP contribution in [0, 0.1) is 11.3 Å². The first kappa shape index (κ1) is 19.8. The second-order valence-corrected chi connectivity index (χ2v) is 8.47. The maximum atomic E-state index is 13.0. The molecule has 3 fully saturated rings. The van der Waals surface area contributed by atoms with Gasteiger partial charge in [-0.15, -0.1) is 0 Å². The monoisotopic (exact) mass is 419 g/mol. The summed E-state index contributed by atoms with van der Waals surface area (Å²) in [6, 6.07) is 8.14. The van der Waals surface area contributed by atoms with Gasteiger partial charge < -0.3 is 19.3 Å². The third-order valence-corrected chi connectivity index (χ3v) is 6.64. The summed E-state index contributed by atoms with van der Waals surface area (Å²) in [7, 11) is 1.64. The van der Waals surface area contributed by atoms with Crippen LogP contribution in [0.25, 0.3) is 0 Å². The zero-order valence-corrected chi connectivity index (χ0v) is 17.5. The summed E-state index contributed by atoms with van der Waals surface area (Å²) in [5.74, 6) is 1.66. The van der Waals surface area contributed by atoms with Crippen molar-refractivity contribution in [2.45, 2.75) is 43.4 Å². The van der Waals surface area contributed by atoms with Crippen molar-refractivity contribution in [1.29, 1.82) is 5.26 Å². The van der Waals surface area contributed by atoms with Gasteiger partial charge in [-0.1, -0.05) is 0 Å². The van der Waals surface area contributed by atoms with Crippen molar-refractivity contribution in [1.82, 2.24) is 14.9 Å². The molecule has 2 bridgehead atoms. The third-order valence-electron chi connectivity index (χ3n) is 6.64. The van der Waals surface area contributed by atoms with E-state index in [0.29, 0.717) is 18.7 Å². The van der Waals surface area contributed by atoms with Gasteiger partial charge in [-0.25, -0.2) is 4.98 Å². The van der Waals surface area contributed by atoms with Gasteiger partial charge in [0.15, 0.2) is 0 Å². The molecule has 2 atom stereocenters. The smallest absolute Gasteiger partial charge is 0.248 e. The third kappa shape index (κ3) is 3.59. The zero-order valence-electron chi connectivity index (χ0n) is 17.5. The van der Waals surface area contributed by atoms with Crippen LogP contribution in [0.1, 0.15) is 36.8 Å². The molecule has 0 radical (unpaired) electrons. The molecule has 1 amide bonds. The molecule has 5 rings (SSSR count). The number of carbonyl (C=O) groups is 1. The number of hydrogen-bond acceptors (Lipinski definition) is 7. The molecule has 2 aromatic heterocycles. The molecule has 0 aromatic carbocycles. The molecule has 0 spiro atoms. The van der Waals surface area contributed by atoms with Gasteiger partial charge in [-0.05, 0) is 43.9 Å². The molecule has 1 aliphatic carbocycles. The number of aromatic nitrogens is 2. The molecular formula is C23H25N5O3. The number of ether oxygens (including phenoxy) is 2. The largest absolute Gasteiger partial charge is 0.496 e. The van der Waals surface area contributed by atoms with Crippen molar-refractivity contribution in [3.63, 3.8) is 0 Å². The highest BCUT2D eigenvalue weighted by atomic mass is 16.5. The Bertz CT molecular complexity index is 1000. The van der Waals surface area contributed by atoms with Gasteiger partial charge in [0.2, 0.25) is 5.91 Å². The van der Waals surface area contributed by atoms with Crippen LogP contribution in [0.4, 0.5) is 5.82 Å². The summed E-state index contributed by atoms with van der Waals surface area (Å²) >= 11 is 0. The Morgan fingerprint density at radius 3 is 2.61 bits per heavy atom. The van der Waals surface area contributed by atoms with Gasteiger partial charge >= 0.3 is 0 Å². The fourth-order valence-corrected chi connectivity index (χ4v) is 4.88. The Morgan fingerprint density at radius 1 is 1.23 bits per heavy atom. The van der Waals surface area contributed by atoms with E-state index in [4.69, 9.17) is 14.7 Å². The second kappa shape index (κ2) is 7.82. The second-order valence-electron chi connectivity index (χ2n) is 8.47. The first-order valence-electron chi connectivity index (χ1n) is 10.7. The Labute approximate surface area is 181 Å². The van der Waals surface area contributed by atoms with Crippen LogP contribution in [-0.4, -0.2) is 59.7 Å². The van der Waals surface area contributed by atoms with Crippen LogP contribution in [0.3, 0.4) is 0 Å². The van der Waals surface area contributed by atoms with Crippen molar-refractivity contribution < 1.29 is 14.3 Å². The lowest BCUT2D eigenvalue weighted by molar-refractivity contribution is -0.140. The predicted molar refractivity (Wildman–Crippen MR) is 112 cm³/mol. The number of fused-ring (bicyclic) bond motifs is 2. The van der Waals surface area contributed by atoms with Gasteiger partial charge in [-0.3, -0.25) is 9.78 Å². The first-order chi connectivity index (χ1) is 15.1. The number of pyridine rings is 2. The lowest BCUT2D eigenvalue weighted by Crippen LogP contribution is -2.56. The Kier molecular flexibility index (Phi) is 4.98. The number of anilines is 1. The van der Waals surface area contributed by atoms with E-state index in [1.54, 1.807) is 31.8 Å². The Morgan fingerprint density at radius 2 is 2.00 bits per heavy atom. The molecule has 4 heterocycles. The van der Waals surface area contributed by atoms with Gasteiger partial charge in [0.1, 0.15) is 24.2 Å². The zero-order chi connectivity index (χ0) is 21.4. The average Bonchev–Trinajstić information content (AvgIpc) is 3.56. The summed E-state index contributed by atoms with van der Waals surface area (Å²) < 4.78 is 11.6. The summed E-state index contributed by atoms with van der Waals surface area (Å²) in [5.41, 5.74) is 1.02. The maximum absolute atomic E-state index is 13.0. The average molecular weight is 419 g/mol. The van der Waals surface area contributed by atoms with E-state index in [0.717, 1.165) is 42.8 Å². The number of nitriles is 1. The first-order valence-corrected chi connectivity index (χ1v) is 10.7. The van der Waals surface area contributed by atoms with Crippen molar-refractivity contribution in [3.8, 4) is 11.8 Å². The highest BCUT2D eigenvalue weighted by Crippen LogP contribution is 2.52. The van der Waals surface area contributed by atoms with Crippen molar-refractivity contribution in [3.05, 3.63) is 47.9 Å². The number of amides is 1. The molecule has 2 aliphatic heterocycles. The molecule has 8 nitrogen and oxygen atoms in total. The minimum atomic E-state index is -0.456. The molecule has 2 saturated heterocycles. The number of likely N-dealkylation sites (tertiary alicyclic amines) is 1. The van der Waals surface area contributed by atoms with Gasteiger partial charge in [0.05, 0.1) is 18.3 Å². The SMILES string of the molecule is COc1ccncc1C1(OCC(=O)N2CC3CC[C@@H](C2)N3c2ccc(C#N)cn2)CC1. The van der Waals surface area contributed by atoms with Crippen LogP contribution in [0.5, 0.6) is 5.75 Å². The lowest BCUT2D eigenvalue weighted by Gasteiger charge is -2.41. The molecule has 160 valence electrons. The van der Waals surface area contributed by atoms with E-state index >= 15 is 0 Å². The Hall–Kier alpha value is -3.18. The quantitative estimate of drug-likeness (QED) is 0.709. The Balaban J connectivity index is 1.23. The van der Waals surface area contributed by atoms with Crippen LogP contribution < -0.4 is 9.64 Å². The minimum Gasteiger partial charge on any atom is -0.496 e. The molecule has 3 aliphatic rings. The molecular weight excluding hydrogens is 394 g/mol. The van der Waals surface area contributed by atoms with E-state index < -0.39 is 5.60 Å². The highest BCUT2D eigenvalue weighted by molar-refractivity contribution is 5.78. The van der Waals surface area contributed by atoms with E-state index in [9.17, 15) is 4.79 Å². The fraction of sp³-hybridized carbons (Fsp3) is 0.478. The molecule has 8 heteroatoms. The fourth-order valence-electron chi connectivity index (χ4n) is 4.88. The number of rotatable bonds is 6. The molecule has 1 unspecified atom stereocenters. The van der Waals surface area contributed by atoms with Crippen molar-refractivity contribution in [2.24, 2.45) is 0 Å². The molecule has 1 saturated carbocycles. The minimum absolute atomic E-state index is 0.0264. The normalized spacial score (nSPS) is 23.4. The summed E-state index contributed by atoms with van der Waals surface area (Å²) in [6.07, 6.45) is 8.89. The highest BCUT2D eigenvalue weighted by Gasteiger charge is 2.49. The van der Waals surface area contributed by atoms with Crippen LogP contribution in [0.2, 0.25) is 0 Å². The van der Waals surface area contributed by atoms with Gasteiger partial charge in [0, 0.05) is 49.3 Å². The van der Waals surface area contributed by atoms with Crippen molar-refractivity contribution >= 4 is 11.7 Å². The number of carbonyl (C=O) groups excluding carboxylic acids is 1. The molecule has 0 N–H and O–H groups in total. The van der Waals surface area contributed by atoms with Gasteiger partial charge in [-0.2, -0.15) is 5.26 Å². The van der Waals surface area contributed by atoms with E-state index in [1.807, 2.05) is 17.0 Å². The molecule has 31 heavy (non-hydrogen) atoms. The van der Waals surface area contributed by atoms with Crippen LogP contribution >= 0.6 is 0 Å². The lowest BCUT2D eigenvalue weighted by atomic mass is 10.1. The van der Waals surface area contributed by atoms with Gasteiger partial charge in [0.25, 0.3) is 0 Å². The summed E-state index contributed by atoms with van der Waals surface area (Å²) in [5, 5.41) is 9.00. The van der Waals surface area contributed by atoms with Crippen LogP contribution in [0.15, 0.2) is 36.8 Å². The number of piperazine rings is 1. The van der Waals surface area contributed by atoms with Crippen molar-refractivity contribution in [2.75, 3.05) is 31.7 Å². The predicted octanol–water partition coefficient (Wildman–Crippen LogP) is 2.24. The summed E-state index contributed by atoms with van der Waals surface area (Å²) in [6.45, 7) is 1.40. The molecule has 2 aromatic rings. The van der Waals surface area contributed by atoms with E-state index in [-0.39, 0.29) is 24.6 Å². The van der Waals surface area contributed by atoms with E-state index in [2.05, 4.69) is 20.9 Å².